The van der Waals surface area contributed by atoms with E-state index >= 15 is 0 Å². The molecule has 2 atom stereocenters. The van der Waals surface area contributed by atoms with Crippen molar-refractivity contribution < 1.29 is 14.7 Å². The van der Waals surface area contributed by atoms with Crippen LogP contribution in [-0.2, 0) is 4.79 Å². The van der Waals surface area contributed by atoms with Gasteiger partial charge in [0, 0.05) is 57.0 Å². The number of aromatic nitrogens is 1. The highest BCUT2D eigenvalue weighted by Crippen LogP contribution is 2.40. The van der Waals surface area contributed by atoms with Crippen molar-refractivity contribution in [3.8, 4) is 0 Å². The van der Waals surface area contributed by atoms with E-state index in [9.17, 15) is 14.7 Å². The Kier molecular flexibility index (Phi) is 5.83. The number of aryl methyl sites for hydroxylation is 2. The van der Waals surface area contributed by atoms with E-state index in [-0.39, 0.29) is 30.3 Å². The van der Waals surface area contributed by atoms with Gasteiger partial charge in [0.05, 0.1) is 5.92 Å². The Hall–Kier alpha value is -2.93. The number of hydrogen-bond acceptors (Lipinski definition) is 5. The van der Waals surface area contributed by atoms with Crippen molar-refractivity contribution in [3.05, 3.63) is 58.3 Å². The maximum absolute atomic E-state index is 13.2. The number of aliphatic hydroxyl groups excluding tert-OH is 1. The largest absolute Gasteiger partial charge is 0.396 e. The summed E-state index contributed by atoms with van der Waals surface area (Å²) in [5.41, 5.74) is 4.96. The van der Waals surface area contributed by atoms with Gasteiger partial charge in [-0.15, -0.1) is 0 Å². The van der Waals surface area contributed by atoms with Gasteiger partial charge in [-0.25, -0.2) is 4.98 Å². The van der Waals surface area contributed by atoms with Gasteiger partial charge >= 0.3 is 0 Å². The molecular weight excluding hydrogens is 416 g/mol. The summed E-state index contributed by atoms with van der Waals surface area (Å²) < 4.78 is 0. The standard InChI is InChI=1S/C26H32N4O3/c1-16-11-19(23-21(15-31)14-28-25(23)32)5-6-22(16)26(33)30-9-7-29(8-10-30)24-17(2)12-20(13-27-24)18-3-4-18/h5-6,11-13,18,21,23,31H,3-4,7-10,14-15H2,1-2H3,(H,28,32)/t21?,23-/m0/s1. The number of rotatable bonds is 5. The lowest BCUT2D eigenvalue weighted by atomic mass is 9.87. The van der Waals surface area contributed by atoms with Gasteiger partial charge in [0.25, 0.3) is 5.91 Å². The number of piperazine rings is 1. The Balaban J connectivity index is 1.25. The number of aliphatic hydroxyl groups is 1. The summed E-state index contributed by atoms with van der Waals surface area (Å²) in [6.07, 6.45) is 4.57. The first kappa shape index (κ1) is 21.9. The minimum absolute atomic E-state index is 0.0297. The van der Waals surface area contributed by atoms with Crippen LogP contribution in [0.15, 0.2) is 30.5 Å². The molecule has 0 radical (unpaired) electrons. The first-order valence-corrected chi connectivity index (χ1v) is 12.0. The SMILES string of the molecule is Cc1cc([C@@H]2C(=O)NCC2CO)ccc1C(=O)N1CCN(c2ncc(C3CC3)cc2C)CC1. The number of nitrogens with zero attached hydrogens (tertiary/aromatic N) is 3. The molecule has 33 heavy (non-hydrogen) atoms. The highest BCUT2D eigenvalue weighted by atomic mass is 16.3. The molecule has 7 nitrogen and oxygen atoms in total. The lowest BCUT2D eigenvalue weighted by molar-refractivity contribution is -0.120. The van der Waals surface area contributed by atoms with Crippen molar-refractivity contribution in [3.63, 3.8) is 0 Å². The quantitative estimate of drug-likeness (QED) is 0.734. The van der Waals surface area contributed by atoms with Gasteiger partial charge in [-0.05, 0) is 60.9 Å². The number of amides is 2. The van der Waals surface area contributed by atoms with Gasteiger partial charge in [-0.3, -0.25) is 9.59 Å². The van der Waals surface area contributed by atoms with Crippen molar-refractivity contribution in [2.24, 2.45) is 5.92 Å². The summed E-state index contributed by atoms with van der Waals surface area (Å²) in [6, 6.07) is 7.90. The van der Waals surface area contributed by atoms with Crippen molar-refractivity contribution in [2.45, 2.75) is 38.5 Å². The fourth-order valence-electron chi connectivity index (χ4n) is 5.24. The van der Waals surface area contributed by atoms with E-state index < -0.39 is 0 Å². The van der Waals surface area contributed by atoms with Crippen LogP contribution in [0.3, 0.4) is 0 Å². The highest BCUT2D eigenvalue weighted by Gasteiger charge is 2.36. The molecule has 0 bridgehead atoms. The zero-order valence-corrected chi connectivity index (χ0v) is 19.4. The van der Waals surface area contributed by atoms with Gasteiger partial charge in [-0.1, -0.05) is 18.2 Å². The Bertz CT molecular complexity index is 1070. The number of pyridine rings is 1. The van der Waals surface area contributed by atoms with Gasteiger partial charge in [0.15, 0.2) is 0 Å². The van der Waals surface area contributed by atoms with E-state index in [1.807, 2.05) is 36.2 Å². The average molecular weight is 449 g/mol. The Labute approximate surface area is 194 Å². The highest BCUT2D eigenvalue weighted by molar-refractivity contribution is 5.96. The Morgan fingerprint density at radius 2 is 1.82 bits per heavy atom. The molecule has 2 amide bonds. The van der Waals surface area contributed by atoms with Gasteiger partial charge in [-0.2, -0.15) is 0 Å². The molecule has 174 valence electrons. The topological polar surface area (TPSA) is 85.8 Å². The molecule has 2 aliphatic heterocycles. The molecule has 1 aliphatic carbocycles. The Morgan fingerprint density at radius 1 is 1.09 bits per heavy atom. The maximum atomic E-state index is 13.2. The van der Waals surface area contributed by atoms with Crippen LogP contribution in [0.1, 0.15) is 57.3 Å². The number of benzene rings is 1. The molecule has 1 aromatic carbocycles. The van der Waals surface area contributed by atoms with Crippen LogP contribution in [0.4, 0.5) is 5.82 Å². The minimum Gasteiger partial charge on any atom is -0.396 e. The Morgan fingerprint density at radius 3 is 2.45 bits per heavy atom. The average Bonchev–Trinajstić information content (AvgIpc) is 3.60. The molecule has 7 heteroatoms. The smallest absolute Gasteiger partial charge is 0.254 e. The molecule has 1 saturated carbocycles. The third kappa shape index (κ3) is 4.22. The van der Waals surface area contributed by atoms with Gasteiger partial charge in [0.2, 0.25) is 5.91 Å². The molecule has 3 heterocycles. The zero-order valence-electron chi connectivity index (χ0n) is 19.4. The molecule has 0 spiro atoms. The van der Waals surface area contributed by atoms with Crippen LogP contribution in [-0.4, -0.2) is 66.1 Å². The normalized spacial score (nSPS) is 23.1. The summed E-state index contributed by atoms with van der Waals surface area (Å²) in [7, 11) is 0. The summed E-state index contributed by atoms with van der Waals surface area (Å²) in [5, 5.41) is 12.4. The predicted octanol–water partition coefficient (Wildman–Crippen LogP) is 2.36. The van der Waals surface area contributed by atoms with Crippen molar-refractivity contribution in [1.29, 1.82) is 0 Å². The molecule has 5 rings (SSSR count). The summed E-state index contributed by atoms with van der Waals surface area (Å²) in [6.45, 7) is 7.34. The molecule has 3 fully saturated rings. The fraction of sp³-hybridized carbons (Fsp3) is 0.500. The second-order valence-corrected chi connectivity index (χ2v) is 9.70. The third-order valence-corrected chi connectivity index (χ3v) is 7.35. The molecular formula is C26H32N4O3. The lowest BCUT2D eigenvalue weighted by Gasteiger charge is -2.36. The zero-order chi connectivity index (χ0) is 23.1. The van der Waals surface area contributed by atoms with Crippen molar-refractivity contribution in [2.75, 3.05) is 44.2 Å². The summed E-state index contributed by atoms with van der Waals surface area (Å²) >= 11 is 0. The van der Waals surface area contributed by atoms with Crippen LogP contribution < -0.4 is 10.2 Å². The second-order valence-electron chi connectivity index (χ2n) is 9.70. The van der Waals surface area contributed by atoms with Gasteiger partial charge in [0.1, 0.15) is 5.82 Å². The van der Waals surface area contributed by atoms with Crippen molar-refractivity contribution >= 4 is 17.6 Å². The van der Waals surface area contributed by atoms with E-state index in [4.69, 9.17) is 4.98 Å². The van der Waals surface area contributed by atoms with E-state index in [0.717, 1.165) is 30.0 Å². The maximum Gasteiger partial charge on any atom is 0.254 e. The monoisotopic (exact) mass is 448 g/mol. The van der Waals surface area contributed by atoms with Crippen LogP contribution in [0.25, 0.3) is 0 Å². The molecule has 1 unspecified atom stereocenters. The minimum atomic E-state index is -0.358. The van der Waals surface area contributed by atoms with E-state index in [1.165, 1.54) is 24.0 Å². The van der Waals surface area contributed by atoms with E-state index in [0.29, 0.717) is 31.1 Å². The first-order valence-electron chi connectivity index (χ1n) is 12.0. The third-order valence-electron chi connectivity index (χ3n) is 7.35. The summed E-state index contributed by atoms with van der Waals surface area (Å²) in [5.74, 6) is 1.22. The number of anilines is 1. The van der Waals surface area contributed by atoms with E-state index in [1.54, 1.807) is 0 Å². The number of carbonyl (C=O) groups is 2. The van der Waals surface area contributed by atoms with Gasteiger partial charge < -0.3 is 20.2 Å². The predicted molar refractivity (Wildman–Crippen MR) is 127 cm³/mol. The second kappa shape index (κ2) is 8.78. The fourth-order valence-corrected chi connectivity index (χ4v) is 5.24. The van der Waals surface area contributed by atoms with Crippen LogP contribution in [0.2, 0.25) is 0 Å². The first-order chi connectivity index (χ1) is 16.0. The van der Waals surface area contributed by atoms with Crippen LogP contribution in [0, 0.1) is 19.8 Å². The lowest BCUT2D eigenvalue weighted by Crippen LogP contribution is -2.49. The molecule has 2 aromatic rings. The molecule has 1 aromatic heterocycles. The summed E-state index contributed by atoms with van der Waals surface area (Å²) in [4.78, 5) is 34.4. The van der Waals surface area contributed by atoms with Crippen molar-refractivity contribution in [1.82, 2.24) is 15.2 Å². The van der Waals surface area contributed by atoms with Crippen LogP contribution in [0.5, 0.6) is 0 Å². The number of nitrogens with one attached hydrogen (secondary N) is 1. The number of carbonyl (C=O) groups excluding carboxylic acids is 2. The van der Waals surface area contributed by atoms with E-state index in [2.05, 4.69) is 23.2 Å². The van der Waals surface area contributed by atoms with Crippen LogP contribution >= 0.6 is 0 Å². The molecule has 3 aliphatic rings. The molecule has 2 N–H and O–H groups in total. The molecule has 2 saturated heterocycles. The number of hydrogen-bond donors (Lipinski definition) is 2.